The van der Waals surface area contributed by atoms with Gasteiger partial charge in [0.05, 0.1) is 6.21 Å². The zero-order valence-electron chi connectivity index (χ0n) is 14.7. The lowest BCUT2D eigenvalue weighted by Crippen LogP contribution is -1.94. The van der Waals surface area contributed by atoms with Crippen molar-refractivity contribution in [1.29, 1.82) is 0 Å². The summed E-state index contributed by atoms with van der Waals surface area (Å²) in [5.74, 6) is 1.24. The number of hydrogen-bond donors (Lipinski definition) is 1. The van der Waals surface area contributed by atoms with Crippen LogP contribution >= 0.6 is 12.2 Å². The van der Waals surface area contributed by atoms with Gasteiger partial charge in [-0.05, 0) is 72.8 Å². The van der Waals surface area contributed by atoms with E-state index in [1.807, 2.05) is 13.1 Å². The molecule has 0 aromatic carbocycles. The fourth-order valence-corrected chi connectivity index (χ4v) is 3.19. The van der Waals surface area contributed by atoms with E-state index in [4.69, 9.17) is 12.2 Å². The number of aromatic nitrogens is 3. The van der Waals surface area contributed by atoms with E-state index in [1.54, 1.807) is 4.68 Å². The molecule has 0 unspecified atom stereocenters. The second kappa shape index (κ2) is 6.32. The number of nitrogens with zero attached hydrogens (tertiary/aromatic N) is 3. The minimum Gasteiger partial charge on any atom is -0.250 e. The van der Waals surface area contributed by atoms with Crippen LogP contribution in [0.1, 0.15) is 47.8 Å². The van der Waals surface area contributed by atoms with Crippen LogP contribution in [-0.2, 0) is 0 Å². The lowest BCUT2D eigenvalue weighted by molar-refractivity contribution is 0.821. The van der Waals surface area contributed by atoms with Crippen molar-refractivity contribution in [3.63, 3.8) is 0 Å². The van der Waals surface area contributed by atoms with Gasteiger partial charge >= 0.3 is 0 Å². The minimum atomic E-state index is 0.498. The average Bonchev–Trinajstić information content (AvgIpc) is 2.93. The largest absolute Gasteiger partial charge is 0.250 e. The molecule has 0 radical (unpaired) electrons. The third-order valence-electron chi connectivity index (χ3n) is 4.38. The summed E-state index contributed by atoms with van der Waals surface area (Å²) >= 11 is 5.21. The Hall–Kier alpha value is -2.27. The summed E-state index contributed by atoms with van der Waals surface area (Å²) in [6.45, 7) is 10.6. The highest BCUT2D eigenvalue weighted by Crippen LogP contribution is 2.35. The van der Waals surface area contributed by atoms with Crippen molar-refractivity contribution in [3.8, 4) is 11.1 Å². The van der Waals surface area contributed by atoms with E-state index in [9.17, 15) is 0 Å². The molecular weight excluding hydrogens is 316 g/mol. The molecule has 4 nitrogen and oxygen atoms in total. The van der Waals surface area contributed by atoms with Gasteiger partial charge in [-0.15, -0.1) is 0 Å². The van der Waals surface area contributed by atoms with Crippen molar-refractivity contribution in [2.75, 3.05) is 0 Å². The Morgan fingerprint density at radius 3 is 2.54 bits per heavy atom. The maximum atomic E-state index is 5.21. The van der Waals surface area contributed by atoms with Crippen LogP contribution in [0, 0.1) is 25.5 Å². The van der Waals surface area contributed by atoms with E-state index in [-0.39, 0.29) is 0 Å². The highest BCUT2D eigenvalue weighted by molar-refractivity contribution is 7.71. The lowest BCUT2D eigenvalue weighted by Gasteiger charge is -2.04. The molecule has 2 aliphatic rings. The van der Waals surface area contributed by atoms with E-state index in [2.05, 4.69) is 67.3 Å². The average molecular weight is 338 g/mol. The maximum Gasteiger partial charge on any atom is 0.216 e. The SMILES string of the molecule is Cc1cc(/C=N/n2c(C)n[nH]c2=S)c2c(C)ccc(C(C)C)cc1-2. The minimum absolute atomic E-state index is 0.498. The first-order chi connectivity index (χ1) is 11.4. The van der Waals surface area contributed by atoms with Crippen LogP contribution in [0.15, 0.2) is 29.4 Å². The van der Waals surface area contributed by atoms with Crippen molar-refractivity contribution < 1.29 is 0 Å². The summed E-state index contributed by atoms with van der Waals surface area (Å²) in [6, 6.07) is 8.90. The lowest BCUT2D eigenvalue weighted by atomic mass is 10.0. The number of H-pyrrole nitrogens is 1. The zero-order valence-corrected chi connectivity index (χ0v) is 15.5. The molecule has 1 N–H and O–H groups in total. The van der Waals surface area contributed by atoms with Gasteiger partial charge in [-0.3, -0.25) is 5.10 Å². The van der Waals surface area contributed by atoms with Crippen LogP contribution in [0.25, 0.3) is 11.1 Å². The van der Waals surface area contributed by atoms with Crippen molar-refractivity contribution in [2.45, 2.75) is 40.5 Å². The van der Waals surface area contributed by atoms with Gasteiger partial charge < -0.3 is 0 Å². The van der Waals surface area contributed by atoms with Gasteiger partial charge in [-0.2, -0.15) is 14.9 Å². The summed E-state index contributed by atoms with van der Waals surface area (Å²) < 4.78 is 2.14. The smallest absolute Gasteiger partial charge is 0.216 e. The van der Waals surface area contributed by atoms with Gasteiger partial charge in [0, 0.05) is 5.56 Å². The van der Waals surface area contributed by atoms with Crippen LogP contribution in [0.5, 0.6) is 0 Å². The highest BCUT2D eigenvalue weighted by atomic mass is 32.1. The van der Waals surface area contributed by atoms with Crippen molar-refractivity contribution >= 4 is 18.4 Å². The van der Waals surface area contributed by atoms with E-state index in [1.165, 1.54) is 27.8 Å². The Kier molecular flexibility index (Phi) is 4.37. The molecule has 0 spiro atoms. The number of rotatable bonds is 3. The Morgan fingerprint density at radius 2 is 1.92 bits per heavy atom. The molecular formula is C19H22N4S. The quantitative estimate of drug-likeness (QED) is 0.541. The van der Waals surface area contributed by atoms with Crippen LogP contribution in [0.3, 0.4) is 0 Å². The molecule has 0 atom stereocenters. The molecule has 124 valence electrons. The third-order valence-corrected chi connectivity index (χ3v) is 4.64. The number of fused-ring (bicyclic) bond motifs is 1. The van der Waals surface area contributed by atoms with Crippen LogP contribution < -0.4 is 0 Å². The second-order valence-electron chi connectivity index (χ2n) is 6.52. The Bertz CT molecular complexity index is 947. The summed E-state index contributed by atoms with van der Waals surface area (Å²) in [5, 5.41) is 11.4. The summed E-state index contributed by atoms with van der Waals surface area (Å²) in [5.41, 5.74) is 7.50. The molecule has 0 amide bonds. The molecule has 0 saturated carbocycles. The first kappa shape index (κ1) is 16.6. The maximum absolute atomic E-state index is 5.21. The highest BCUT2D eigenvalue weighted by Gasteiger charge is 2.15. The molecule has 24 heavy (non-hydrogen) atoms. The Labute approximate surface area is 147 Å². The summed E-state index contributed by atoms with van der Waals surface area (Å²) in [4.78, 5) is 0. The molecule has 1 heterocycles. The van der Waals surface area contributed by atoms with Gasteiger partial charge in [0.2, 0.25) is 4.77 Å². The van der Waals surface area contributed by atoms with E-state index in [0.29, 0.717) is 10.7 Å². The van der Waals surface area contributed by atoms with Crippen molar-refractivity contribution in [2.24, 2.45) is 5.10 Å². The normalized spacial score (nSPS) is 11.9. The fourth-order valence-electron chi connectivity index (χ4n) is 2.97. The van der Waals surface area contributed by atoms with Crippen molar-refractivity contribution in [3.05, 3.63) is 57.1 Å². The van der Waals surface area contributed by atoms with E-state index < -0.39 is 0 Å². The topological polar surface area (TPSA) is 46.0 Å². The van der Waals surface area contributed by atoms with E-state index >= 15 is 0 Å². The van der Waals surface area contributed by atoms with E-state index in [0.717, 1.165) is 11.4 Å². The fraction of sp³-hybridized carbons (Fsp3) is 0.316. The van der Waals surface area contributed by atoms with Crippen molar-refractivity contribution in [1.82, 2.24) is 14.9 Å². The number of aryl methyl sites for hydroxylation is 3. The van der Waals surface area contributed by atoms with Gasteiger partial charge in [-0.25, -0.2) is 0 Å². The van der Waals surface area contributed by atoms with Gasteiger partial charge in [0.25, 0.3) is 0 Å². The predicted molar refractivity (Wildman–Crippen MR) is 102 cm³/mol. The first-order valence-corrected chi connectivity index (χ1v) is 8.51. The van der Waals surface area contributed by atoms with Gasteiger partial charge in [-0.1, -0.05) is 32.0 Å². The molecule has 2 aliphatic carbocycles. The molecule has 0 aliphatic heterocycles. The molecule has 0 bridgehead atoms. The van der Waals surface area contributed by atoms with Gasteiger partial charge in [0.15, 0.2) is 0 Å². The molecule has 0 saturated heterocycles. The number of aromatic amines is 1. The Morgan fingerprint density at radius 1 is 1.17 bits per heavy atom. The molecule has 0 fully saturated rings. The molecule has 1 aromatic heterocycles. The van der Waals surface area contributed by atoms with Gasteiger partial charge in [0.1, 0.15) is 5.82 Å². The summed E-state index contributed by atoms with van der Waals surface area (Å²) in [7, 11) is 0. The molecule has 5 heteroatoms. The Balaban J connectivity index is 2.14. The predicted octanol–water partition coefficient (Wildman–Crippen LogP) is 4.98. The number of nitrogens with one attached hydrogen (secondary N) is 1. The van der Waals surface area contributed by atoms with Crippen LogP contribution in [0.4, 0.5) is 0 Å². The number of hydrogen-bond acceptors (Lipinski definition) is 3. The molecule has 1 aromatic rings. The third kappa shape index (κ3) is 2.91. The standard InChI is InChI=1S/C19H22N4S/c1-11(2)15-7-6-12(3)18-16(8-13(4)17(18)9-15)10-20-23-14(5)21-22-19(23)24/h6-11H,1-5H3,(H,22,24)/b20-10+. The zero-order chi connectivity index (χ0) is 17.4. The monoisotopic (exact) mass is 338 g/mol. The molecule has 3 rings (SSSR count). The van der Waals surface area contributed by atoms with Crippen LogP contribution in [-0.4, -0.2) is 21.1 Å². The summed E-state index contributed by atoms with van der Waals surface area (Å²) in [6.07, 6.45) is 1.87. The second-order valence-corrected chi connectivity index (χ2v) is 6.91. The first-order valence-electron chi connectivity index (χ1n) is 8.10. The van der Waals surface area contributed by atoms with Crippen LogP contribution in [0.2, 0.25) is 0 Å².